The van der Waals surface area contributed by atoms with E-state index in [1.165, 1.54) is 11.3 Å². The minimum absolute atomic E-state index is 0.0826. The van der Waals surface area contributed by atoms with Crippen molar-refractivity contribution >= 4 is 28.3 Å². The normalized spacial score (nSPS) is 9.47. The van der Waals surface area contributed by atoms with E-state index < -0.39 is 0 Å². The van der Waals surface area contributed by atoms with Crippen LogP contribution in [0.25, 0.3) is 0 Å². The fourth-order valence-corrected chi connectivity index (χ4v) is 1.87. The Hall–Kier alpha value is -1.87. The van der Waals surface area contributed by atoms with Gasteiger partial charge < -0.3 is 5.32 Å². The number of amides is 1. The standard InChI is InChI=1S/C11H14N4OS/c1-4-5-6-9(16)14-10(12)15-11-13-7(2)8(3)17-11/h1H,5-6H2,2-3H3,(H3,12,13,14,15,16). The van der Waals surface area contributed by atoms with Crippen LogP contribution in [-0.4, -0.2) is 16.9 Å². The van der Waals surface area contributed by atoms with E-state index >= 15 is 0 Å². The third-order valence-electron chi connectivity index (χ3n) is 2.02. The Balaban J connectivity index is 2.45. The molecule has 0 aromatic carbocycles. The van der Waals surface area contributed by atoms with E-state index in [1.54, 1.807) is 0 Å². The van der Waals surface area contributed by atoms with Crippen molar-refractivity contribution in [3.05, 3.63) is 10.6 Å². The summed E-state index contributed by atoms with van der Waals surface area (Å²) in [5.74, 6) is 2.01. The number of carbonyl (C=O) groups excluding carboxylic acids is 1. The van der Waals surface area contributed by atoms with Crippen LogP contribution in [0.1, 0.15) is 23.4 Å². The monoisotopic (exact) mass is 250 g/mol. The Labute approximate surface area is 104 Å². The third-order valence-corrected chi connectivity index (χ3v) is 3.01. The van der Waals surface area contributed by atoms with E-state index in [4.69, 9.17) is 11.8 Å². The maximum atomic E-state index is 11.3. The number of thiazole rings is 1. The van der Waals surface area contributed by atoms with Gasteiger partial charge in [0.15, 0.2) is 5.13 Å². The van der Waals surface area contributed by atoms with E-state index in [9.17, 15) is 4.79 Å². The molecule has 1 rings (SSSR count). The number of carbonyl (C=O) groups is 1. The molecule has 6 heteroatoms. The number of guanidine groups is 1. The first-order valence-corrected chi connectivity index (χ1v) is 5.87. The fourth-order valence-electron chi connectivity index (χ4n) is 1.05. The molecule has 17 heavy (non-hydrogen) atoms. The molecule has 0 aliphatic carbocycles. The van der Waals surface area contributed by atoms with E-state index in [0.29, 0.717) is 11.6 Å². The second-order valence-corrected chi connectivity index (χ2v) is 4.62. The third kappa shape index (κ3) is 4.25. The lowest BCUT2D eigenvalue weighted by atomic mass is 10.3. The molecule has 90 valence electrons. The van der Waals surface area contributed by atoms with Crippen LogP contribution < -0.4 is 10.6 Å². The van der Waals surface area contributed by atoms with Crippen LogP contribution in [0.15, 0.2) is 0 Å². The summed E-state index contributed by atoms with van der Waals surface area (Å²) in [6, 6.07) is 0. The highest BCUT2D eigenvalue weighted by atomic mass is 32.1. The first kappa shape index (κ1) is 13.2. The van der Waals surface area contributed by atoms with Gasteiger partial charge in [-0.1, -0.05) is 0 Å². The van der Waals surface area contributed by atoms with Gasteiger partial charge >= 0.3 is 0 Å². The van der Waals surface area contributed by atoms with E-state index in [2.05, 4.69) is 21.5 Å². The van der Waals surface area contributed by atoms with Crippen molar-refractivity contribution in [2.45, 2.75) is 26.7 Å². The van der Waals surface area contributed by atoms with Crippen LogP contribution in [0.3, 0.4) is 0 Å². The predicted octanol–water partition coefficient (Wildman–Crippen LogP) is 1.64. The molecule has 0 spiro atoms. The maximum absolute atomic E-state index is 11.3. The van der Waals surface area contributed by atoms with Gasteiger partial charge in [0.1, 0.15) is 0 Å². The van der Waals surface area contributed by atoms with Crippen molar-refractivity contribution < 1.29 is 4.79 Å². The van der Waals surface area contributed by atoms with Crippen LogP contribution in [0.2, 0.25) is 0 Å². The van der Waals surface area contributed by atoms with Gasteiger partial charge in [-0.15, -0.1) is 23.7 Å². The van der Waals surface area contributed by atoms with Gasteiger partial charge in [-0.3, -0.25) is 15.5 Å². The Morgan fingerprint density at radius 1 is 1.59 bits per heavy atom. The summed E-state index contributed by atoms with van der Waals surface area (Å²) in [6.07, 6.45) is 5.63. The summed E-state index contributed by atoms with van der Waals surface area (Å²) in [7, 11) is 0. The first-order chi connectivity index (χ1) is 8.02. The number of aromatic nitrogens is 1. The van der Waals surface area contributed by atoms with E-state index in [-0.39, 0.29) is 18.3 Å². The lowest BCUT2D eigenvalue weighted by molar-refractivity contribution is -0.119. The van der Waals surface area contributed by atoms with Crippen molar-refractivity contribution in [1.82, 2.24) is 10.3 Å². The number of hydrogen-bond acceptors (Lipinski definition) is 4. The molecule has 0 saturated heterocycles. The molecule has 0 radical (unpaired) electrons. The van der Waals surface area contributed by atoms with E-state index in [0.717, 1.165) is 10.6 Å². The predicted molar refractivity (Wildman–Crippen MR) is 69.1 cm³/mol. The number of aryl methyl sites for hydroxylation is 2. The molecule has 1 amide bonds. The second-order valence-electron chi connectivity index (χ2n) is 3.41. The molecule has 0 saturated carbocycles. The summed E-state index contributed by atoms with van der Waals surface area (Å²) in [4.78, 5) is 16.6. The molecule has 1 heterocycles. The van der Waals surface area contributed by atoms with Crippen LogP contribution in [0.4, 0.5) is 5.13 Å². The van der Waals surface area contributed by atoms with Crippen molar-refractivity contribution in [3.63, 3.8) is 0 Å². The highest BCUT2D eigenvalue weighted by Gasteiger charge is 2.07. The van der Waals surface area contributed by atoms with Crippen molar-refractivity contribution in [2.24, 2.45) is 0 Å². The smallest absolute Gasteiger partial charge is 0.227 e. The highest BCUT2D eigenvalue weighted by molar-refractivity contribution is 7.15. The maximum Gasteiger partial charge on any atom is 0.227 e. The van der Waals surface area contributed by atoms with Gasteiger partial charge in [-0.05, 0) is 13.8 Å². The molecule has 0 aliphatic rings. The minimum atomic E-state index is -0.273. The zero-order valence-electron chi connectivity index (χ0n) is 9.76. The molecule has 5 nitrogen and oxygen atoms in total. The summed E-state index contributed by atoms with van der Waals surface area (Å²) >= 11 is 1.44. The summed E-state index contributed by atoms with van der Waals surface area (Å²) in [5.41, 5.74) is 0.920. The average Bonchev–Trinajstić information content (AvgIpc) is 2.54. The largest absolute Gasteiger partial charge is 0.302 e. The van der Waals surface area contributed by atoms with E-state index in [1.807, 2.05) is 13.8 Å². The number of hydrogen-bond donors (Lipinski definition) is 3. The molecular weight excluding hydrogens is 236 g/mol. The molecule has 0 fully saturated rings. The Morgan fingerprint density at radius 3 is 2.82 bits per heavy atom. The number of anilines is 1. The lowest BCUT2D eigenvalue weighted by Gasteiger charge is -2.05. The van der Waals surface area contributed by atoms with Gasteiger partial charge in [0, 0.05) is 17.7 Å². The van der Waals surface area contributed by atoms with Crippen molar-refractivity contribution in [3.8, 4) is 12.3 Å². The lowest BCUT2D eigenvalue weighted by Crippen LogP contribution is -2.34. The minimum Gasteiger partial charge on any atom is -0.302 e. The van der Waals surface area contributed by atoms with Gasteiger partial charge in [-0.2, -0.15) is 0 Å². The average molecular weight is 250 g/mol. The van der Waals surface area contributed by atoms with Crippen molar-refractivity contribution in [1.29, 1.82) is 5.41 Å². The molecule has 0 atom stereocenters. The van der Waals surface area contributed by atoms with Gasteiger partial charge in [-0.25, -0.2) is 4.98 Å². The van der Waals surface area contributed by atoms with Crippen LogP contribution in [0.5, 0.6) is 0 Å². The Kier molecular flexibility index (Phi) is 4.67. The number of nitrogens with one attached hydrogen (secondary N) is 3. The molecule has 1 aromatic heterocycles. The van der Waals surface area contributed by atoms with Gasteiger partial charge in [0.05, 0.1) is 5.69 Å². The second kappa shape index (κ2) is 6.01. The van der Waals surface area contributed by atoms with Crippen LogP contribution in [-0.2, 0) is 4.79 Å². The highest BCUT2D eigenvalue weighted by Crippen LogP contribution is 2.20. The number of rotatable bonds is 3. The zero-order chi connectivity index (χ0) is 12.8. The molecule has 0 bridgehead atoms. The fraction of sp³-hybridized carbons (Fsp3) is 0.364. The number of terminal acetylenes is 1. The zero-order valence-corrected chi connectivity index (χ0v) is 10.6. The summed E-state index contributed by atoms with van der Waals surface area (Å²) in [6.45, 7) is 3.85. The number of nitrogens with zero attached hydrogens (tertiary/aromatic N) is 1. The van der Waals surface area contributed by atoms with Crippen molar-refractivity contribution in [2.75, 3.05) is 5.32 Å². The molecular formula is C11H14N4OS. The molecule has 3 N–H and O–H groups in total. The Morgan fingerprint density at radius 2 is 2.29 bits per heavy atom. The SMILES string of the molecule is C#CCCC(=O)NC(=N)Nc1nc(C)c(C)s1. The first-order valence-electron chi connectivity index (χ1n) is 5.06. The van der Waals surface area contributed by atoms with Gasteiger partial charge in [0.25, 0.3) is 0 Å². The molecule has 0 unspecified atom stereocenters. The molecule has 0 aliphatic heterocycles. The Bertz CT molecular complexity index is 453. The van der Waals surface area contributed by atoms with Gasteiger partial charge in [0.2, 0.25) is 11.9 Å². The summed E-state index contributed by atoms with van der Waals surface area (Å²) in [5, 5.41) is 13.3. The molecule has 1 aromatic rings. The van der Waals surface area contributed by atoms with Crippen LogP contribution in [0, 0.1) is 31.6 Å². The topological polar surface area (TPSA) is 77.9 Å². The van der Waals surface area contributed by atoms with Crippen LogP contribution >= 0.6 is 11.3 Å². The summed E-state index contributed by atoms with van der Waals surface area (Å²) < 4.78 is 0. The quantitative estimate of drug-likeness (QED) is 0.433.